The minimum Gasteiger partial charge on any atom is -0.371 e. The van der Waals surface area contributed by atoms with E-state index in [0.717, 1.165) is 30.2 Å². The molecule has 0 aliphatic heterocycles. The van der Waals surface area contributed by atoms with E-state index in [1.807, 2.05) is 12.3 Å². The van der Waals surface area contributed by atoms with Crippen LogP contribution >= 0.6 is 22.9 Å². The molecule has 1 aromatic heterocycles. The van der Waals surface area contributed by atoms with E-state index in [9.17, 15) is 0 Å². The third kappa shape index (κ3) is 3.23. The fourth-order valence-electron chi connectivity index (χ4n) is 1.27. The zero-order chi connectivity index (χ0) is 10.4. The van der Waals surface area contributed by atoms with Crippen molar-refractivity contribution < 1.29 is 4.74 Å². The van der Waals surface area contributed by atoms with Crippen LogP contribution in [0.2, 0.25) is 0 Å². The van der Waals surface area contributed by atoms with Crippen molar-refractivity contribution in [1.29, 1.82) is 0 Å². The highest BCUT2D eigenvalue weighted by Gasteiger charge is 2.14. The second kappa shape index (κ2) is 6.38. The summed E-state index contributed by atoms with van der Waals surface area (Å²) in [6, 6.07) is 0. The van der Waals surface area contributed by atoms with Gasteiger partial charge >= 0.3 is 0 Å². The highest BCUT2D eigenvalue weighted by molar-refractivity contribution is 7.09. The van der Waals surface area contributed by atoms with Gasteiger partial charge in [-0.25, -0.2) is 4.98 Å². The molecule has 0 fully saturated rings. The van der Waals surface area contributed by atoms with Gasteiger partial charge in [0.05, 0.1) is 11.6 Å². The van der Waals surface area contributed by atoms with Gasteiger partial charge in [-0.1, -0.05) is 13.3 Å². The largest absolute Gasteiger partial charge is 0.371 e. The first-order valence-electron chi connectivity index (χ1n) is 4.93. The van der Waals surface area contributed by atoms with E-state index < -0.39 is 0 Å². The van der Waals surface area contributed by atoms with Gasteiger partial charge in [0, 0.05) is 12.0 Å². The number of hydrogen-bond acceptors (Lipinski definition) is 3. The third-order valence-electron chi connectivity index (χ3n) is 1.90. The zero-order valence-electron chi connectivity index (χ0n) is 8.62. The predicted octanol–water partition coefficient (Wildman–Crippen LogP) is 3.76. The van der Waals surface area contributed by atoms with E-state index in [2.05, 4.69) is 11.9 Å². The Morgan fingerprint density at radius 2 is 2.36 bits per heavy atom. The molecule has 0 spiro atoms. The monoisotopic (exact) mass is 233 g/mol. The fourth-order valence-corrected chi connectivity index (χ4v) is 2.40. The van der Waals surface area contributed by atoms with Gasteiger partial charge in [-0.05, 0) is 13.3 Å². The van der Waals surface area contributed by atoms with Crippen molar-refractivity contribution in [2.45, 2.75) is 38.7 Å². The minimum absolute atomic E-state index is 0.159. The van der Waals surface area contributed by atoms with E-state index in [1.54, 1.807) is 11.3 Å². The highest BCUT2D eigenvalue weighted by atomic mass is 35.5. The summed E-state index contributed by atoms with van der Waals surface area (Å²) in [5.74, 6) is 0.488. The number of rotatable bonds is 6. The lowest BCUT2D eigenvalue weighted by molar-refractivity contribution is 0.0554. The van der Waals surface area contributed by atoms with Crippen LogP contribution in [0, 0.1) is 0 Å². The van der Waals surface area contributed by atoms with Crippen molar-refractivity contribution in [1.82, 2.24) is 4.98 Å². The summed E-state index contributed by atoms with van der Waals surface area (Å²) >= 11 is 7.34. The molecule has 0 N–H and O–H groups in total. The standard InChI is InChI=1S/C10H16ClNOS/c1-3-5-9(13-4-2)10-12-8(6-11)7-14-10/h7,9H,3-6H2,1-2H3. The summed E-state index contributed by atoms with van der Waals surface area (Å²) < 4.78 is 5.63. The van der Waals surface area contributed by atoms with E-state index in [-0.39, 0.29) is 6.10 Å². The summed E-state index contributed by atoms with van der Waals surface area (Å²) in [7, 11) is 0. The van der Waals surface area contributed by atoms with Crippen molar-refractivity contribution in [3.05, 3.63) is 16.1 Å². The molecule has 0 aliphatic rings. The Morgan fingerprint density at radius 3 is 2.86 bits per heavy atom. The highest BCUT2D eigenvalue weighted by Crippen LogP contribution is 2.26. The maximum atomic E-state index is 5.70. The molecule has 0 aromatic carbocycles. The van der Waals surface area contributed by atoms with Crippen LogP contribution in [-0.4, -0.2) is 11.6 Å². The van der Waals surface area contributed by atoms with Crippen molar-refractivity contribution in [3.63, 3.8) is 0 Å². The SMILES string of the molecule is CCCC(OCC)c1nc(CCl)cs1. The average molecular weight is 234 g/mol. The van der Waals surface area contributed by atoms with Crippen molar-refractivity contribution in [2.24, 2.45) is 0 Å². The summed E-state index contributed by atoms with van der Waals surface area (Å²) in [4.78, 5) is 4.43. The molecule has 0 aliphatic carbocycles. The smallest absolute Gasteiger partial charge is 0.122 e. The molecule has 0 saturated heterocycles. The topological polar surface area (TPSA) is 22.1 Å². The Bertz CT molecular complexity index is 258. The van der Waals surface area contributed by atoms with Crippen LogP contribution in [0.4, 0.5) is 0 Å². The first kappa shape index (κ1) is 12.0. The number of thiazole rings is 1. The lowest BCUT2D eigenvalue weighted by atomic mass is 10.2. The molecule has 14 heavy (non-hydrogen) atoms. The van der Waals surface area contributed by atoms with Gasteiger partial charge < -0.3 is 4.74 Å². The molecule has 0 radical (unpaired) electrons. The molecule has 80 valence electrons. The summed E-state index contributed by atoms with van der Waals surface area (Å²) in [5, 5.41) is 3.06. The molecular weight excluding hydrogens is 218 g/mol. The number of hydrogen-bond donors (Lipinski definition) is 0. The summed E-state index contributed by atoms with van der Waals surface area (Å²) in [5.41, 5.74) is 0.951. The maximum Gasteiger partial charge on any atom is 0.122 e. The molecule has 1 heterocycles. The normalized spacial score (nSPS) is 13.1. The fraction of sp³-hybridized carbons (Fsp3) is 0.700. The van der Waals surface area contributed by atoms with Gasteiger partial charge in [-0.2, -0.15) is 0 Å². The van der Waals surface area contributed by atoms with Crippen molar-refractivity contribution in [2.75, 3.05) is 6.61 Å². The quantitative estimate of drug-likeness (QED) is 0.698. The van der Waals surface area contributed by atoms with Crippen molar-refractivity contribution >= 4 is 22.9 Å². The lowest BCUT2D eigenvalue weighted by Crippen LogP contribution is -2.03. The molecule has 1 aromatic rings. The summed E-state index contributed by atoms with van der Waals surface area (Å²) in [6.45, 7) is 4.90. The molecule has 1 rings (SSSR count). The molecule has 1 unspecified atom stereocenters. The van der Waals surface area contributed by atoms with Crippen LogP contribution in [0.5, 0.6) is 0 Å². The van der Waals surface area contributed by atoms with E-state index in [0.29, 0.717) is 5.88 Å². The van der Waals surface area contributed by atoms with Gasteiger partial charge in [0.2, 0.25) is 0 Å². The predicted molar refractivity (Wildman–Crippen MR) is 60.9 cm³/mol. The first-order chi connectivity index (χ1) is 6.81. The minimum atomic E-state index is 0.159. The van der Waals surface area contributed by atoms with Gasteiger partial charge in [0.1, 0.15) is 11.1 Å². The second-order valence-corrected chi connectivity index (χ2v) is 4.20. The van der Waals surface area contributed by atoms with E-state index >= 15 is 0 Å². The zero-order valence-corrected chi connectivity index (χ0v) is 10.2. The number of alkyl halides is 1. The molecule has 4 heteroatoms. The first-order valence-corrected chi connectivity index (χ1v) is 6.35. The summed E-state index contributed by atoms with van der Waals surface area (Å²) in [6.07, 6.45) is 2.30. The van der Waals surface area contributed by atoms with E-state index in [4.69, 9.17) is 16.3 Å². The Kier molecular flexibility index (Phi) is 5.45. The molecule has 0 saturated carbocycles. The van der Waals surface area contributed by atoms with Crippen LogP contribution in [0.25, 0.3) is 0 Å². The Labute approximate surface area is 94.3 Å². The molecule has 0 bridgehead atoms. The molecule has 2 nitrogen and oxygen atoms in total. The van der Waals surface area contributed by atoms with Crippen molar-refractivity contribution in [3.8, 4) is 0 Å². The molecular formula is C10H16ClNOS. The van der Waals surface area contributed by atoms with Crippen LogP contribution in [-0.2, 0) is 10.6 Å². The molecule has 0 amide bonds. The number of halogens is 1. The number of ether oxygens (including phenoxy) is 1. The lowest BCUT2D eigenvalue weighted by Gasteiger charge is -2.12. The second-order valence-electron chi connectivity index (χ2n) is 3.04. The van der Waals surface area contributed by atoms with Gasteiger partial charge in [-0.3, -0.25) is 0 Å². The number of aromatic nitrogens is 1. The van der Waals surface area contributed by atoms with Gasteiger partial charge in [0.25, 0.3) is 0 Å². The van der Waals surface area contributed by atoms with Crippen LogP contribution in [0.3, 0.4) is 0 Å². The van der Waals surface area contributed by atoms with Crippen LogP contribution in [0.15, 0.2) is 5.38 Å². The van der Waals surface area contributed by atoms with E-state index in [1.165, 1.54) is 0 Å². The Balaban J connectivity index is 2.65. The third-order valence-corrected chi connectivity index (χ3v) is 3.16. The number of nitrogens with zero attached hydrogens (tertiary/aromatic N) is 1. The van der Waals surface area contributed by atoms with Gasteiger partial charge in [0.15, 0.2) is 0 Å². The Hall–Kier alpha value is -0.120. The van der Waals surface area contributed by atoms with Gasteiger partial charge in [-0.15, -0.1) is 22.9 Å². The molecule has 1 atom stereocenters. The average Bonchev–Trinajstić information content (AvgIpc) is 2.65. The Morgan fingerprint density at radius 1 is 1.57 bits per heavy atom. The van der Waals surface area contributed by atoms with Crippen LogP contribution in [0.1, 0.15) is 43.5 Å². The van der Waals surface area contributed by atoms with Crippen LogP contribution < -0.4 is 0 Å². The maximum absolute atomic E-state index is 5.70.